The quantitative estimate of drug-likeness (QED) is 0.585. The Bertz CT molecular complexity index is 1250. The number of likely N-dealkylation sites (tertiary alicyclic amines) is 1. The van der Waals surface area contributed by atoms with Gasteiger partial charge in [0.15, 0.2) is 5.82 Å². The first-order valence-corrected chi connectivity index (χ1v) is 12.4. The van der Waals surface area contributed by atoms with Crippen molar-refractivity contribution >= 4 is 28.2 Å². The predicted octanol–water partition coefficient (Wildman–Crippen LogP) is 5.18. The highest BCUT2D eigenvalue weighted by atomic mass is 16.2. The number of aryl methyl sites for hydroxylation is 2. The number of carbonyl (C=O) groups excluding carboxylic acids is 1. The molecule has 0 bridgehead atoms. The zero-order valence-corrected chi connectivity index (χ0v) is 21.0. The highest BCUT2D eigenvalue weighted by molar-refractivity contribution is 5.95. The van der Waals surface area contributed by atoms with E-state index in [2.05, 4.69) is 77.6 Å². The van der Waals surface area contributed by atoms with Crippen LogP contribution >= 0.6 is 0 Å². The summed E-state index contributed by atoms with van der Waals surface area (Å²) in [7, 11) is 1.93. The van der Waals surface area contributed by atoms with Gasteiger partial charge in [0.05, 0.1) is 17.2 Å². The number of amides is 1. The van der Waals surface area contributed by atoms with E-state index in [4.69, 9.17) is 0 Å². The van der Waals surface area contributed by atoms with Gasteiger partial charge in [-0.15, -0.1) is 5.10 Å². The van der Waals surface area contributed by atoms with Crippen molar-refractivity contribution in [2.75, 3.05) is 36.9 Å². The summed E-state index contributed by atoms with van der Waals surface area (Å²) in [6, 6.07) is 13.2. The third-order valence-electron chi connectivity index (χ3n) is 8.23. The Morgan fingerprint density at radius 1 is 0.971 bits per heavy atom. The van der Waals surface area contributed by atoms with Crippen molar-refractivity contribution in [3.8, 4) is 0 Å². The van der Waals surface area contributed by atoms with Crippen LogP contribution in [0.3, 0.4) is 0 Å². The summed E-state index contributed by atoms with van der Waals surface area (Å²) in [5.41, 5.74) is 5.86. The second kappa shape index (κ2) is 8.57. The topological polar surface area (TPSA) is 61.4 Å². The Labute approximate surface area is 202 Å². The van der Waals surface area contributed by atoms with Gasteiger partial charge >= 0.3 is 0 Å². The van der Waals surface area contributed by atoms with E-state index >= 15 is 0 Å². The van der Waals surface area contributed by atoms with Gasteiger partial charge in [0.2, 0.25) is 5.91 Å². The molecule has 0 saturated carbocycles. The van der Waals surface area contributed by atoms with Crippen molar-refractivity contribution < 1.29 is 4.79 Å². The summed E-state index contributed by atoms with van der Waals surface area (Å²) in [4.78, 5) is 17.1. The van der Waals surface area contributed by atoms with E-state index in [0.717, 1.165) is 61.2 Å². The van der Waals surface area contributed by atoms with Crippen LogP contribution in [0.15, 0.2) is 36.4 Å². The maximum atomic E-state index is 12.7. The van der Waals surface area contributed by atoms with Crippen LogP contribution in [0.25, 0.3) is 10.8 Å². The van der Waals surface area contributed by atoms with Gasteiger partial charge in [-0.05, 0) is 75.8 Å². The normalized spacial score (nSPS) is 18.7. The van der Waals surface area contributed by atoms with Crippen LogP contribution in [0.1, 0.15) is 54.6 Å². The van der Waals surface area contributed by atoms with E-state index in [1.165, 1.54) is 22.4 Å². The van der Waals surface area contributed by atoms with Crippen LogP contribution in [-0.2, 0) is 4.79 Å². The molecule has 178 valence electrons. The van der Waals surface area contributed by atoms with Gasteiger partial charge in [-0.25, -0.2) is 0 Å². The average molecular weight is 458 g/mol. The van der Waals surface area contributed by atoms with Crippen molar-refractivity contribution in [1.82, 2.24) is 15.1 Å². The third kappa shape index (κ3) is 3.79. The molecule has 1 amide bonds. The Morgan fingerprint density at radius 3 is 2.41 bits per heavy atom. The minimum atomic E-state index is -0.141. The number of hydrogen-bond acceptors (Lipinski definition) is 5. The third-order valence-corrected chi connectivity index (χ3v) is 8.23. The number of carbonyl (C=O) groups is 1. The van der Waals surface area contributed by atoms with Crippen molar-refractivity contribution in [3.63, 3.8) is 0 Å². The summed E-state index contributed by atoms with van der Waals surface area (Å²) >= 11 is 0. The van der Waals surface area contributed by atoms with Crippen LogP contribution < -0.4 is 10.2 Å². The largest absolute Gasteiger partial charge is 0.371 e. The summed E-state index contributed by atoms with van der Waals surface area (Å²) in [5, 5.41) is 14.8. The molecular weight excluding hydrogens is 422 g/mol. The maximum absolute atomic E-state index is 12.7. The van der Waals surface area contributed by atoms with Crippen molar-refractivity contribution in [2.24, 2.45) is 5.41 Å². The van der Waals surface area contributed by atoms with Crippen molar-refractivity contribution in [3.05, 3.63) is 58.8 Å². The molecule has 2 aliphatic heterocycles. The summed E-state index contributed by atoms with van der Waals surface area (Å²) in [6.07, 6.45) is 2.85. The molecule has 1 spiro atoms. The SMILES string of the molecule is Cc1cccc([C@@H](C)Nc2nnc(C)c3ccc(N4CCC5(CCN(C)C5=O)CC4)cc23)c1C. The van der Waals surface area contributed by atoms with Crippen LogP contribution in [0.2, 0.25) is 0 Å². The number of rotatable bonds is 4. The number of hydrogen-bond donors (Lipinski definition) is 1. The molecule has 2 aliphatic rings. The standard InChI is InChI=1S/C28H35N5O/c1-18-7-6-8-23(19(18)2)20(3)29-26-25-17-22(9-10-24(25)21(4)30-31-26)33-15-12-28(13-16-33)11-14-32(5)27(28)34/h6-10,17,20H,11-16H2,1-5H3,(H,29,31)/t20-/m1/s1. The van der Waals surface area contributed by atoms with Crippen LogP contribution in [0.4, 0.5) is 11.5 Å². The number of anilines is 2. The summed E-state index contributed by atoms with van der Waals surface area (Å²) in [6.45, 7) is 11.2. The second-order valence-electron chi connectivity index (χ2n) is 10.3. The molecule has 0 unspecified atom stereocenters. The number of fused-ring (bicyclic) bond motifs is 1. The molecule has 5 rings (SSSR count). The smallest absolute Gasteiger partial charge is 0.228 e. The van der Waals surface area contributed by atoms with Crippen molar-refractivity contribution in [1.29, 1.82) is 0 Å². The van der Waals surface area contributed by atoms with E-state index < -0.39 is 0 Å². The zero-order valence-electron chi connectivity index (χ0n) is 21.0. The molecule has 2 saturated heterocycles. The van der Waals surface area contributed by atoms with Gasteiger partial charge in [-0.3, -0.25) is 4.79 Å². The molecule has 1 aromatic heterocycles. The molecule has 0 radical (unpaired) electrons. The fraction of sp³-hybridized carbons (Fsp3) is 0.464. The number of nitrogens with zero attached hydrogens (tertiary/aromatic N) is 4. The predicted molar refractivity (Wildman–Crippen MR) is 138 cm³/mol. The number of nitrogens with one attached hydrogen (secondary N) is 1. The van der Waals surface area contributed by atoms with E-state index in [1.807, 2.05) is 18.9 Å². The van der Waals surface area contributed by atoms with Crippen molar-refractivity contribution in [2.45, 2.75) is 53.0 Å². The van der Waals surface area contributed by atoms with E-state index in [0.29, 0.717) is 5.91 Å². The molecule has 3 heterocycles. The molecule has 6 nitrogen and oxygen atoms in total. The fourth-order valence-electron chi connectivity index (χ4n) is 5.76. The molecule has 1 atom stereocenters. The molecule has 6 heteroatoms. The highest BCUT2D eigenvalue weighted by Gasteiger charge is 2.46. The second-order valence-corrected chi connectivity index (χ2v) is 10.3. The maximum Gasteiger partial charge on any atom is 0.228 e. The van der Waals surface area contributed by atoms with E-state index in [9.17, 15) is 4.79 Å². The van der Waals surface area contributed by atoms with E-state index in [-0.39, 0.29) is 11.5 Å². The lowest BCUT2D eigenvalue weighted by molar-refractivity contribution is -0.135. The molecule has 3 aromatic rings. The average Bonchev–Trinajstić information content (AvgIpc) is 3.11. The molecule has 2 aromatic carbocycles. The Balaban J connectivity index is 1.42. The minimum Gasteiger partial charge on any atom is -0.371 e. The lowest BCUT2D eigenvalue weighted by atomic mass is 9.77. The van der Waals surface area contributed by atoms with Gasteiger partial charge < -0.3 is 15.1 Å². The Morgan fingerprint density at radius 2 is 1.71 bits per heavy atom. The fourth-order valence-corrected chi connectivity index (χ4v) is 5.76. The monoisotopic (exact) mass is 457 g/mol. The van der Waals surface area contributed by atoms with Crippen LogP contribution in [-0.4, -0.2) is 47.7 Å². The molecule has 2 fully saturated rings. The first-order chi connectivity index (χ1) is 16.3. The van der Waals surface area contributed by atoms with Gasteiger partial charge in [-0.2, -0.15) is 5.10 Å². The molecule has 0 aliphatic carbocycles. The number of piperidine rings is 1. The Hall–Kier alpha value is -3.15. The molecule has 1 N–H and O–H groups in total. The van der Waals surface area contributed by atoms with Gasteiger partial charge in [0.1, 0.15) is 0 Å². The first-order valence-electron chi connectivity index (χ1n) is 12.4. The van der Waals surface area contributed by atoms with E-state index in [1.54, 1.807) is 0 Å². The molecule has 34 heavy (non-hydrogen) atoms. The van der Waals surface area contributed by atoms with Gasteiger partial charge in [0.25, 0.3) is 0 Å². The zero-order chi connectivity index (χ0) is 24.0. The highest BCUT2D eigenvalue weighted by Crippen LogP contribution is 2.42. The lowest BCUT2D eigenvalue weighted by Gasteiger charge is -2.39. The van der Waals surface area contributed by atoms with Gasteiger partial charge in [-0.1, -0.05) is 24.3 Å². The molecular formula is C28H35N5O. The van der Waals surface area contributed by atoms with Crippen LogP contribution in [0, 0.1) is 26.2 Å². The summed E-state index contributed by atoms with van der Waals surface area (Å²) < 4.78 is 0. The number of aromatic nitrogens is 2. The Kier molecular flexibility index (Phi) is 5.70. The van der Waals surface area contributed by atoms with Crippen LogP contribution in [0.5, 0.6) is 0 Å². The first kappa shape index (κ1) is 22.6. The minimum absolute atomic E-state index is 0.115. The summed E-state index contributed by atoms with van der Waals surface area (Å²) in [5.74, 6) is 1.15. The lowest BCUT2D eigenvalue weighted by Crippen LogP contribution is -2.44. The van der Waals surface area contributed by atoms with Gasteiger partial charge in [0, 0.05) is 43.1 Å². The number of benzene rings is 2.